The van der Waals surface area contributed by atoms with Crippen molar-refractivity contribution < 1.29 is 4.79 Å². The number of hydrogen-bond donors (Lipinski definition) is 3. The second-order valence-electron chi connectivity index (χ2n) is 5.85. The van der Waals surface area contributed by atoms with E-state index in [1.54, 1.807) is 0 Å². The minimum atomic E-state index is 0.0272. The number of carbonyl (C=O) groups excluding carboxylic acids is 1. The van der Waals surface area contributed by atoms with Crippen LogP contribution in [0.3, 0.4) is 0 Å². The van der Waals surface area contributed by atoms with E-state index in [2.05, 4.69) is 20.5 Å². The molecular formula is C16H21N5O. The fraction of sp³-hybridized carbons (Fsp3) is 0.438. The van der Waals surface area contributed by atoms with E-state index >= 15 is 0 Å². The van der Waals surface area contributed by atoms with Crippen molar-refractivity contribution in [2.75, 3.05) is 11.9 Å². The number of amides is 1. The Bertz CT molecular complexity index is 666. The molecular weight excluding hydrogens is 278 g/mol. The number of aromatic amines is 1. The molecule has 1 aliphatic rings. The molecule has 0 aliphatic heterocycles. The number of rotatable bonds is 4. The second kappa shape index (κ2) is 6.27. The molecule has 0 radical (unpaired) electrons. The van der Waals surface area contributed by atoms with Crippen LogP contribution >= 0.6 is 0 Å². The Morgan fingerprint density at radius 3 is 3.05 bits per heavy atom. The Balaban J connectivity index is 1.74. The fourth-order valence-electron chi connectivity index (χ4n) is 3.11. The molecule has 1 aromatic heterocycles. The molecule has 3 rings (SSSR count). The highest BCUT2D eigenvalue weighted by molar-refractivity contribution is 5.93. The number of H-pyrrole nitrogens is 1. The summed E-state index contributed by atoms with van der Waals surface area (Å²) in [7, 11) is 0. The summed E-state index contributed by atoms with van der Waals surface area (Å²) in [5.41, 5.74) is 7.41. The van der Waals surface area contributed by atoms with Crippen molar-refractivity contribution in [3.63, 3.8) is 0 Å². The normalized spacial score (nSPS) is 21.0. The maximum Gasteiger partial charge on any atom is 0.227 e. The third kappa shape index (κ3) is 3.01. The van der Waals surface area contributed by atoms with Crippen molar-refractivity contribution in [2.24, 2.45) is 17.6 Å². The number of aryl methyl sites for hydroxylation is 1. The first-order valence-corrected chi connectivity index (χ1v) is 7.67. The number of anilines is 1. The first kappa shape index (κ1) is 14.7. The van der Waals surface area contributed by atoms with Gasteiger partial charge < -0.3 is 11.1 Å². The molecule has 1 aliphatic carbocycles. The van der Waals surface area contributed by atoms with Gasteiger partial charge in [0, 0.05) is 17.2 Å². The lowest BCUT2D eigenvalue weighted by Crippen LogP contribution is -2.29. The van der Waals surface area contributed by atoms with Crippen LogP contribution in [0.1, 0.15) is 25.1 Å². The Hall–Kier alpha value is -2.21. The van der Waals surface area contributed by atoms with E-state index in [4.69, 9.17) is 5.73 Å². The van der Waals surface area contributed by atoms with Gasteiger partial charge in [0.05, 0.1) is 0 Å². The van der Waals surface area contributed by atoms with Crippen LogP contribution in [0, 0.1) is 18.8 Å². The van der Waals surface area contributed by atoms with Gasteiger partial charge in [-0.05, 0) is 44.4 Å². The molecule has 1 saturated carbocycles. The summed E-state index contributed by atoms with van der Waals surface area (Å²) >= 11 is 0. The smallest absolute Gasteiger partial charge is 0.227 e. The SMILES string of the molecule is Cc1nc(-c2cccc(NC(=O)[C@@H]3CCC[C@@H]3CN)c2)n[nH]1. The van der Waals surface area contributed by atoms with Crippen molar-refractivity contribution in [2.45, 2.75) is 26.2 Å². The summed E-state index contributed by atoms with van der Waals surface area (Å²) in [6.45, 7) is 2.43. The molecule has 2 atom stereocenters. The van der Waals surface area contributed by atoms with Crippen LogP contribution in [0.2, 0.25) is 0 Å². The van der Waals surface area contributed by atoms with Gasteiger partial charge >= 0.3 is 0 Å². The van der Waals surface area contributed by atoms with Gasteiger partial charge in [-0.25, -0.2) is 4.98 Å². The standard InChI is InChI=1S/C16H21N5O/c1-10-18-15(21-20-10)11-4-2-6-13(8-11)19-16(22)14-7-3-5-12(14)9-17/h2,4,6,8,12,14H,3,5,7,9,17H2,1H3,(H,19,22)(H,18,20,21)/t12-,14-/m1/s1. The maximum absolute atomic E-state index is 12.4. The van der Waals surface area contributed by atoms with Gasteiger partial charge in [-0.1, -0.05) is 18.6 Å². The van der Waals surface area contributed by atoms with Gasteiger partial charge in [-0.3, -0.25) is 9.89 Å². The van der Waals surface area contributed by atoms with Crippen LogP contribution in [0.15, 0.2) is 24.3 Å². The Labute approximate surface area is 129 Å². The van der Waals surface area contributed by atoms with Crippen LogP contribution in [0.25, 0.3) is 11.4 Å². The molecule has 1 heterocycles. The summed E-state index contributed by atoms with van der Waals surface area (Å²) in [4.78, 5) is 16.7. The van der Waals surface area contributed by atoms with Crippen molar-refractivity contribution in [3.05, 3.63) is 30.1 Å². The fourth-order valence-corrected chi connectivity index (χ4v) is 3.11. The van der Waals surface area contributed by atoms with Gasteiger partial charge in [0.25, 0.3) is 0 Å². The average Bonchev–Trinajstić information content (AvgIpc) is 3.16. The quantitative estimate of drug-likeness (QED) is 0.805. The molecule has 1 fully saturated rings. The first-order valence-electron chi connectivity index (χ1n) is 7.67. The topological polar surface area (TPSA) is 96.7 Å². The Morgan fingerprint density at radius 2 is 2.32 bits per heavy atom. The molecule has 0 unspecified atom stereocenters. The molecule has 6 heteroatoms. The zero-order valence-corrected chi connectivity index (χ0v) is 12.7. The lowest BCUT2D eigenvalue weighted by atomic mass is 9.95. The van der Waals surface area contributed by atoms with E-state index in [0.29, 0.717) is 18.3 Å². The highest BCUT2D eigenvalue weighted by Gasteiger charge is 2.31. The van der Waals surface area contributed by atoms with E-state index in [-0.39, 0.29) is 11.8 Å². The van der Waals surface area contributed by atoms with Crippen molar-refractivity contribution in [1.29, 1.82) is 0 Å². The van der Waals surface area contributed by atoms with Crippen LogP contribution < -0.4 is 11.1 Å². The highest BCUT2D eigenvalue weighted by Crippen LogP contribution is 2.32. The van der Waals surface area contributed by atoms with E-state index in [1.807, 2.05) is 31.2 Å². The predicted molar refractivity (Wildman–Crippen MR) is 85.1 cm³/mol. The monoisotopic (exact) mass is 299 g/mol. The lowest BCUT2D eigenvalue weighted by molar-refractivity contribution is -0.120. The summed E-state index contributed by atoms with van der Waals surface area (Å²) in [6.07, 6.45) is 3.05. The molecule has 0 bridgehead atoms. The van der Waals surface area contributed by atoms with Crippen LogP contribution in [0.5, 0.6) is 0 Å². The predicted octanol–water partition coefficient (Wildman–Crippen LogP) is 2.09. The van der Waals surface area contributed by atoms with Crippen LogP contribution in [0.4, 0.5) is 5.69 Å². The van der Waals surface area contributed by atoms with Crippen molar-refractivity contribution in [3.8, 4) is 11.4 Å². The highest BCUT2D eigenvalue weighted by atomic mass is 16.1. The number of benzene rings is 1. The first-order chi connectivity index (χ1) is 10.7. The minimum Gasteiger partial charge on any atom is -0.330 e. The molecule has 22 heavy (non-hydrogen) atoms. The molecule has 4 N–H and O–H groups in total. The third-order valence-electron chi connectivity index (χ3n) is 4.28. The average molecular weight is 299 g/mol. The second-order valence-corrected chi connectivity index (χ2v) is 5.85. The zero-order chi connectivity index (χ0) is 15.5. The zero-order valence-electron chi connectivity index (χ0n) is 12.7. The molecule has 6 nitrogen and oxygen atoms in total. The minimum absolute atomic E-state index is 0.0272. The van der Waals surface area contributed by atoms with Gasteiger partial charge in [-0.2, -0.15) is 5.10 Å². The molecule has 0 saturated heterocycles. The summed E-state index contributed by atoms with van der Waals surface area (Å²) in [5, 5.41) is 9.97. The molecule has 1 aromatic carbocycles. The summed E-state index contributed by atoms with van der Waals surface area (Å²) < 4.78 is 0. The Kier molecular flexibility index (Phi) is 4.20. The molecule has 1 amide bonds. The van der Waals surface area contributed by atoms with E-state index < -0.39 is 0 Å². The van der Waals surface area contributed by atoms with Gasteiger partial charge in [0.1, 0.15) is 5.82 Å². The number of aromatic nitrogens is 3. The molecule has 2 aromatic rings. The lowest BCUT2D eigenvalue weighted by Gasteiger charge is -2.17. The summed E-state index contributed by atoms with van der Waals surface area (Å²) in [6, 6.07) is 7.60. The van der Waals surface area contributed by atoms with Crippen LogP contribution in [-0.2, 0) is 4.79 Å². The summed E-state index contributed by atoms with van der Waals surface area (Å²) in [5.74, 6) is 1.80. The number of hydrogen-bond acceptors (Lipinski definition) is 4. The number of nitrogens with one attached hydrogen (secondary N) is 2. The third-order valence-corrected chi connectivity index (χ3v) is 4.28. The number of nitrogens with two attached hydrogens (primary N) is 1. The van der Waals surface area contributed by atoms with Gasteiger partial charge in [0.2, 0.25) is 5.91 Å². The number of nitrogens with zero attached hydrogens (tertiary/aromatic N) is 2. The molecule has 116 valence electrons. The maximum atomic E-state index is 12.4. The van der Waals surface area contributed by atoms with Gasteiger partial charge in [-0.15, -0.1) is 0 Å². The Morgan fingerprint density at radius 1 is 1.45 bits per heavy atom. The van der Waals surface area contributed by atoms with E-state index in [1.165, 1.54) is 0 Å². The van der Waals surface area contributed by atoms with Crippen molar-refractivity contribution >= 4 is 11.6 Å². The van der Waals surface area contributed by atoms with Gasteiger partial charge in [0.15, 0.2) is 5.82 Å². The van der Waals surface area contributed by atoms with E-state index in [9.17, 15) is 4.79 Å². The van der Waals surface area contributed by atoms with E-state index in [0.717, 1.165) is 36.3 Å². The molecule has 0 spiro atoms. The number of carbonyl (C=O) groups is 1. The largest absolute Gasteiger partial charge is 0.330 e. The van der Waals surface area contributed by atoms with Crippen LogP contribution in [-0.4, -0.2) is 27.6 Å². The van der Waals surface area contributed by atoms with Crippen molar-refractivity contribution in [1.82, 2.24) is 15.2 Å².